The van der Waals surface area contributed by atoms with Crippen molar-refractivity contribution in [1.82, 2.24) is 15.1 Å². The fraction of sp³-hybridized carbons (Fsp3) is 0.933. The summed E-state index contributed by atoms with van der Waals surface area (Å²) in [5.41, 5.74) is 5.07. The SMILES string of the molecule is CC(CCN1CCN(C2CC2)CC1)(NC1CC1)C(N)=O. The van der Waals surface area contributed by atoms with Gasteiger partial charge in [-0.2, -0.15) is 0 Å². The number of primary amides is 1. The molecule has 1 aliphatic heterocycles. The van der Waals surface area contributed by atoms with Crippen molar-refractivity contribution in [3.05, 3.63) is 0 Å². The van der Waals surface area contributed by atoms with E-state index in [0.29, 0.717) is 6.04 Å². The number of piperazine rings is 1. The van der Waals surface area contributed by atoms with Gasteiger partial charge < -0.3 is 16.0 Å². The van der Waals surface area contributed by atoms with Crippen molar-refractivity contribution in [3.8, 4) is 0 Å². The van der Waals surface area contributed by atoms with E-state index in [4.69, 9.17) is 5.73 Å². The van der Waals surface area contributed by atoms with Gasteiger partial charge in [0.2, 0.25) is 5.91 Å². The quantitative estimate of drug-likeness (QED) is 0.697. The summed E-state index contributed by atoms with van der Waals surface area (Å²) in [7, 11) is 0. The van der Waals surface area contributed by atoms with Crippen LogP contribution in [-0.4, -0.2) is 66.1 Å². The number of rotatable bonds is 7. The smallest absolute Gasteiger partial charge is 0.237 e. The van der Waals surface area contributed by atoms with E-state index >= 15 is 0 Å². The number of nitrogens with one attached hydrogen (secondary N) is 1. The van der Waals surface area contributed by atoms with Crippen molar-refractivity contribution in [2.45, 2.75) is 56.7 Å². The highest BCUT2D eigenvalue weighted by Crippen LogP contribution is 2.28. The van der Waals surface area contributed by atoms with Crippen molar-refractivity contribution in [2.24, 2.45) is 5.73 Å². The number of amides is 1. The van der Waals surface area contributed by atoms with Crippen LogP contribution in [0.5, 0.6) is 0 Å². The molecule has 2 saturated carbocycles. The third-order valence-electron chi connectivity index (χ3n) is 5.04. The van der Waals surface area contributed by atoms with Gasteiger partial charge in [-0.3, -0.25) is 9.69 Å². The number of nitrogens with two attached hydrogens (primary N) is 1. The maximum atomic E-state index is 11.7. The Hall–Kier alpha value is -0.650. The van der Waals surface area contributed by atoms with Crippen LogP contribution in [0.15, 0.2) is 0 Å². The first-order valence-electron chi connectivity index (χ1n) is 8.11. The van der Waals surface area contributed by atoms with E-state index in [-0.39, 0.29) is 5.91 Å². The van der Waals surface area contributed by atoms with E-state index < -0.39 is 5.54 Å². The van der Waals surface area contributed by atoms with Gasteiger partial charge in [-0.05, 0) is 39.0 Å². The number of nitrogens with zero attached hydrogens (tertiary/aromatic N) is 2. The average molecular weight is 280 g/mol. The lowest BCUT2D eigenvalue weighted by atomic mass is 9.96. The summed E-state index contributed by atoms with van der Waals surface area (Å²) >= 11 is 0. The van der Waals surface area contributed by atoms with Crippen LogP contribution in [0.2, 0.25) is 0 Å². The normalized spacial score (nSPS) is 28.2. The molecule has 3 fully saturated rings. The molecule has 114 valence electrons. The first-order chi connectivity index (χ1) is 9.57. The van der Waals surface area contributed by atoms with Crippen molar-refractivity contribution in [1.29, 1.82) is 0 Å². The van der Waals surface area contributed by atoms with Gasteiger partial charge in [0.25, 0.3) is 0 Å². The molecule has 5 nitrogen and oxygen atoms in total. The zero-order valence-electron chi connectivity index (χ0n) is 12.6. The lowest BCUT2D eigenvalue weighted by molar-refractivity contribution is -0.124. The lowest BCUT2D eigenvalue weighted by Crippen LogP contribution is -2.56. The van der Waals surface area contributed by atoms with Gasteiger partial charge in [0.1, 0.15) is 0 Å². The monoisotopic (exact) mass is 280 g/mol. The third-order valence-corrected chi connectivity index (χ3v) is 5.04. The maximum absolute atomic E-state index is 11.7. The Labute approximate surface area is 121 Å². The van der Waals surface area contributed by atoms with E-state index in [0.717, 1.165) is 32.1 Å². The molecule has 20 heavy (non-hydrogen) atoms. The molecule has 0 radical (unpaired) electrons. The standard InChI is InChI=1S/C15H28N4O/c1-15(14(16)20,17-12-2-3-12)6-7-18-8-10-19(11-9-18)13-4-5-13/h12-13,17H,2-11H2,1H3,(H2,16,20). The molecule has 0 aromatic rings. The molecule has 3 rings (SSSR count). The predicted octanol–water partition coefficient (Wildman–Crippen LogP) is 0.153. The summed E-state index contributed by atoms with van der Waals surface area (Å²) in [6, 6.07) is 1.39. The minimum Gasteiger partial charge on any atom is -0.368 e. The van der Waals surface area contributed by atoms with Gasteiger partial charge in [-0.15, -0.1) is 0 Å². The number of carbonyl (C=O) groups is 1. The molecule has 2 aliphatic carbocycles. The fourth-order valence-electron chi connectivity index (χ4n) is 3.12. The Morgan fingerprint density at radius 1 is 1.20 bits per heavy atom. The molecule has 0 spiro atoms. The number of hydrogen-bond donors (Lipinski definition) is 2. The molecule has 1 amide bonds. The summed E-state index contributed by atoms with van der Waals surface area (Å²) in [5, 5.41) is 3.43. The minimum absolute atomic E-state index is 0.207. The van der Waals surface area contributed by atoms with Gasteiger partial charge in [0.15, 0.2) is 0 Å². The third kappa shape index (κ3) is 3.51. The Morgan fingerprint density at radius 2 is 1.85 bits per heavy atom. The van der Waals surface area contributed by atoms with Crippen molar-refractivity contribution >= 4 is 5.91 Å². The molecule has 1 atom stereocenters. The maximum Gasteiger partial charge on any atom is 0.237 e. The van der Waals surface area contributed by atoms with Crippen molar-refractivity contribution in [2.75, 3.05) is 32.7 Å². The van der Waals surface area contributed by atoms with Crippen molar-refractivity contribution in [3.63, 3.8) is 0 Å². The molecule has 1 saturated heterocycles. The van der Waals surface area contributed by atoms with Crippen LogP contribution >= 0.6 is 0 Å². The van der Waals surface area contributed by atoms with Crippen LogP contribution in [-0.2, 0) is 4.79 Å². The Bertz CT molecular complexity index is 359. The molecule has 0 bridgehead atoms. The topological polar surface area (TPSA) is 61.6 Å². The molecule has 5 heteroatoms. The fourth-order valence-corrected chi connectivity index (χ4v) is 3.12. The highest BCUT2D eigenvalue weighted by atomic mass is 16.1. The number of hydrogen-bond acceptors (Lipinski definition) is 4. The van der Waals surface area contributed by atoms with E-state index in [1.54, 1.807) is 0 Å². The highest BCUT2D eigenvalue weighted by molar-refractivity contribution is 5.84. The van der Waals surface area contributed by atoms with Gasteiger partial charge in [0, 0.05) is 44.8 Å². The van der Waals surface area contributed by atoms with Gasteiger partial charge in [-0.25, -0.2) is 0 Å². The van der Waals surface area contributed by atoms with Crippen LogP contribution in [0.4, 0.5) is 0 Å². The minimum atomic E-state index is -0.533. The highest BCUT2D eigenvalue weighted by Gasteiger charge is 2.37. The van der Waals surface area contributed by atoms with Gasteiger partial charge >= 0.3 is 0 Å². The van der Waals surface area contributed by atoms with Gasteiger partial charge in [0.05, 0.1) is 5.54 Å². The second-order valence-corrected chi connectivity index (χ2v) is 6.97. The summed E-state index contributed by atoms with van der Waals surface area (Å²) < 4.78 is 0. The van der Waals surface area contributed by atoms with E-state index in [9.17, 15) is 4.79 Å². The second-order valence-electron chi connectivity index (χ2n) is 6.97. The lowest BCUT2D eigenvalue weighted by Gasteiger charge is -2.37. The van der Waals surface area contributed by atoms with Crippen LogP contribution in [0.1, 0.15) is 39.0 Å². The van der Waals surface area contributed by atoms with E-state index in [1.807, 2.05) is 6.92 Å². The summed E-state index contributed by atoms with van der Waals surface area (Å²) in [5.74, 6) is -0.207. The van der Waals surface area contributed by atoms with E-state index in [1.165, 1.54) is 38.8 Å². The Kier molecular flexibility index (Phi) is 4.02. The summed E-state index contributed by atoms with van der Waals surface area (Å²) in [6.45, 7) is 7.58. The van der Waals surface area contributed by atoms with Gasteiger partial charge in [-0.1, -0.05) is 0 Å². The first kappa shape index (κ1) is 14.3. The second kappa shape index (κ2) is 5.62. The van der Waals surface area contributed by atoms with Crippen LogP contribution in [0, 0.1) is 0 Å². The molecule has 1 unspecified atom stereocenters. The van der Waals surface area contributed by atoms with Crippen molar-refractivity contribution < 1.29 is 4.79 Å². The molecule has 0 aromatic heterocycles. The Balaban J connectivity index is 1.43. The average Bonchev–Trinajstić information content (AvgIpc) is 3.30. The summed E-state index contributed by atoms with van der Waals surface area (Å²) in [6.07, 6.45) is 5.98. The van der Waals surface area contributed by atoms with Crippen LogP contribution < -0.4 is 11.1 Å². The largest absolute Gasteiger partial charge is 0.368 e. The molecule has 3 aliphatic rings. The Morgan fingerprint density at radius 3 is 2.35 bits per heavy atom. The molecular formula is C15H28N4O. The molecule has 1 heterocycles. The molecule has 0 aromatic carbocycles. The zero-order chi connectivity index (χ0) is 14.2. The predicted molar refractivity (Wildman–Crippen MR) is 79.4 cm³/mol. The number of carbonyl (C=O) groups excluding carboxylic acids is 1. The van der Waals surface area contributed by atoms with E-state index in [2.05, 4.69) is 15.1 Å². The molecule has 3 N–H and O–H groups in total. The summed E-state index contributed by atoms with van der Waals surface area (Å²) in [4.78, 5) is 16.8. The first-order valence-corrected chi connectivity index (χ1v) is 8.11. The molecular weight excluding hydrogens is 252 g/mol. The zero-order valence-corrected chi connectivity index (χ0v) is 12.6. The van der Waals surface area contributed by atoms with Crippen LogP contribution in [0.3, 0.4) is 0 Å². The van der Waals surface area contributed by atoms with Crippen LogP contribution in [0.25, 0.3) is 0 Å².